The Morgan fingerprint density at radius 3 is 2.76 bits per heavy atom. The highest BCUT2D eigenvalue weighted by Gasteiger charge is 2.32. The van der Waals surface area contributed by atoms with Crippen molar-refractivity contribution in [3.63, 3.8) is 0 Å². The van der Waals surface area contributed by atoms with Crippen molar-refractivity contribution in [3.05, 3.63) is 28.3 Å². The fourth-order valence-corrected chi connectivity index (χ4v) is 2.07. The minimum absolute atomic E-state index is 0.0217. The van der Waals surface area contributed by atoms with E-state index < -0.39 is 10.5 Å². The number of non-ortho nitro benzene ring substituents is 1. The minimum Gasteiger partial charge on any atom is -0.398 e. The first kappa shape index (κ1) is 11.7. The van der Waals surface area contributed by atoms with E-state index in [1.165, 1.54) is 12.1 Å². The van der Waals surface area contributed by atoms with E-state index in [2.05, 4.69) is 0 Å². The van der Waals surface area contributed by atoms with Crippen LogP contribution in [0.5, 0.6) is 0 Å². The van der Waals surface area contributed by atoms with Gasteiger partial charge in [0, 0.05) is 36.6 Å². The van der Waals surface area contributed by atoms with E-state index >= 15 is 0 Å². The van der Waals surface area contributed by atoms with Gasteiger partial charge in [-0.3, -0.25) is 10.1 Å². The molecule has 3 N–H and O–H groups in total. The molecule has 1 saturated heterocycles. The normalized spacial score (nSPS) is 24.0. The number of hydrogen-bond donors (Lipinski definition) is 2. The lowest BCUT2D eigenvalue weighted by atomic mass is 10.1. The van der Waals surface area contributed by atoms with E-state index in [4.69, 9.17) is 5.73 Å². The van der Waals surface area contributed by atoms with Crippen molar-refractivity contribution in [3.8, 4) is 0 Å². The van der Waals surface area contributed by atoms with Crippen LogP contribution >= 0.6 is 0 Å². The van der Waals surface area contributed by atoms with E-state index in [9.17, 15) is 15.2 Å². The second kappa shape index (κ2) is 3.89. The molecule has 0 spiro atoms. The number of nitro benzene ring substituents is 1. The Morgan fingerprint density at radius 1 is 1.53 bits per heavy atom. The maximum absolute atomic E-state index is 10.7. The molecule has 1 aromatic rings. The van der Waals surface area contributed by atoms with Gasteiger partial charge in [-0.2, -0.15) is 0 Å². The van der Waals surface area contributed by atoms with Crippen LogP contribution in [-0.2, 0) is 0 Å². The standard InChI is InChI=1S/C11H15N3O3/c1-11(15)2-3-13(7-11)9-4-8(12)5-10(6-9)14(16)17/h4-6,15H,2-3,7,12H2,1H3. The Labute approximate surface area is 98.8 Å². The zero-order valence-electron chi connectivity index (χ0n) is 9.59. The highest BCUT2D eigenvalue weighted by atomic mass is 16.6. The lowest BCUT2D eigenvalue weighted by molar-refractivity contribution is -0.384. The Kier molecular flexibility index (Phi) is 2.66. The smallest absolute Gasteiger partial charge is 0.273 e. The average molecular weight is 237 g/mol. The summed E-state index contributed by atoms with van der Waals surface area (Å²) in [6, 6.07) is 4.50. The van der Waals surface area contributed by atoms with Crippen LogP contribution < -0.4 is 10.6 Å². The predicted molar refractivity (Wildman–Crippen MR) is 65.0 cm³/mol. The molecule has 1 aliphatic heterocycles. The Balaban J connectivity index is 2.30. The molecular weight excluding hydrogens is 222 g/mol. The summed E-state index contributed by atoms with van der Waals surface area (Å²) in [6.45, 7) is 2.90. The van der Waals surface area contributed by atoms with Crippen LogP contribution in [0.3, 0.4) is 0 Å². The summed E-state index contributed by atoms with van der Waals surface area (Å²) < 4.78 is 0. The summed E-state index contributed by atoms with van der Waals surface area (Å²) in [5.74, 6) is 0. The van der Waals surface area contributed by atoms with Crippen LogP contribution in [0.2, 0.25) is 0 Å². The van der Waals surface area contributed by atoms with E-state index in [1.807, 2.05) is 4.90 Å². The fourth-order valence-electron chi connectivity index (χ4n) is 2.07. The van der Waals surface area contributed by atoms with Gasteiger partial charge in [-0.15, -0.1) is 0 Å². The maximum Gasteiger partial charge on any atom is 0.273 e. The molecule has 1 fully saturated rings. The Morgan fingerprint density at radius 2 is 2.24 bits per heavy atom. The van der Waals surface area contributed by atoms with E-state index in [0.717, 1.165) is 0 Å². The van der Waals surface area contributed by atoms with Gasteiger partial charge < -0.3 is 15.7 Å². The highest BCUT2D eigenvalue weighted by molar-refractivity contribution is 5.63. The van der Waals surface area contributed by atoms with Crippen molar-refractivity contribution < 1.29 is 10.0 Å². The largest absolute Gasteiger partial charge is 0.398 e. The first-order valence-electron chi connectivity index (χ1n) is 5.40. The zero-order valence-corrected chi connectivity index (χ0v) is 9.59. The third-order valence-electron chi connectivity index (χ3n) is 2.95. The Hall–Kier alpha value is -1.82. The van der Waals surface area contributed by atoms with Gasteiger partial charge in [0.1, 0.15) is 0 Å². The molecule has 1 unspecified atom stereocenters. The van der Waals surface area contributed by atoms with Gasteiger partial charge in [0.2, 0.25) is 0 Å². The number of nitrogen functional groups attached to an aromatic ring is 1. The molecule has 0 aliphatic carbocycles. The quantitative estimate of drug-likeness (QED) is 0.457. The van der Waals surface area contributed by atoms with Crippen molar-refractivity contribution in [1.82, 2.24) is 0 Å². The number of nitro groups is 1. The van der Waals surface area contributed by atoms with Gasteiger partial charge >= 0.3 is 0 Å². The van der Waals surface area contributed by atoms with E-state index in [0.29, 0.717) is 30.9 Å². The average Bonchev–Trinajstić information content (AvgIpc) is 2.58. The number of anilines is 2. The second-order valence-electron chi connectivity index (χ2n) is 4.71. The SMILES string of the molecule is CC1(O)CCN(c2cc(N)cc([N+](=O)[O-])c2)C1. The fraction of sp³-hybridized carbons (Fsp3) is 0.455. The number of hydrogen-bond acceptors (Lipinski definition) is 5. The topological polar surface area (TPSA) is 92.6 Å². The van der Waals surface area contributed by atoms with Gasteiger partial charge in [-0.1, -0.05) is 0 Å². The molecule has 1 aromatic carbocycles. The van der Waals surface area contributed by atoms with E-state index in [1.54, 1.807) is 13.0 Å². The number of nitrogens with zero attached hydrogens (tertiary/aromatic N) is 2. The first-order valence-corrected chi connectivity index (χ1v) is 5.40. The van der Waals surface area contributed by atoms with Crippen LogP contribution in [0.15, 0.2) is 18.2 Å². The monoisotopic (exact) mass is 237 g/mol. The Bertz CT molecular complexity index is 459. The summed E-state index contributed by atoms with van der Waals surface area (Å²) in [5.41, 5.74) is 5.93. The number of benzene rings is 1. The molecule has 0 aromatic heterocycles. The number of aliphatic hydroxyl groups is 1. The van der Waals surface area contributed by atoms with Crippen molar-refractivity contribution in [2.45, 2.75) is 18.9 Å². The molecule has 17 heavy (non-hydrogen) atoms. The van der Waals surface area contributed by atoms with Crippen LogP contribution in [0.4, 0.5) is 17.1 Å². The minimum atomic E-state index is -0.737. The maximum atomic E-state index is 10.7. The van der Waals surface area contributed by atoms with Gasteiger partial charge in [-0.05, 0) is 19.4 Å². The molecule has 0 saturated carbocycles. The lowest BCUT2D eigenvalue weighted by Gasteiger charge is -2.20. The molecule has 6 heteroatoms. The zero-order chi connectivity index (χ0) is 12.6. The summed E-state index contributed by atoms with van der Waals surface area (Å²) >= 11 is 0. The summed E-state index contributed by atoms with van der Waals surface area (Å²) in [7, 11) is 0. The van der Waals surface area contributed by atoms with Gasteiger partial charge in [0.05, 0.1) is 10.5 Å². The van der Waals surface area contributed by atoms with Gasteiger partial charge in [0.25, 0.3) is 5.69 Å². The van der Waals surface area contributed by atoms with Crippen molar-refractivity contribution in [1.29, 1.82) is 0 Å². The van der Waals surface area contributed by atoms with Crippen molar-refractivity contribution in [2.24, 2.45) is 0 Å². The lowest BCUT2D eigenvalue weighted by Crippen LogP contribution is -2.29. The third kappa shape index (κ3) is 2.47. The van der Waals surface area contributed by atoms with Crippen LogP contribution in [0.25, 0.3) is 0 Å². The molecule has 0 bridgehead atoms. The van der Waals surface area contributed by atoms with Crippen LogP contribution in [0.1, 0.15) is 13.3 Å². The molecule has 0 radical (unpaired) electrons. The van der Waals surface area contributed by atoms with Crippen LogP contribution in [0, 0.1) is 10.1 Å². The second-order valence-corrected chi connectivity index (χ2v) is 4.71. The molecule has 2 rings (SSSR count). The molecule has 92 valence electrons. The molecular formula is C11H15N3O3. The summed E-state index contributed by atoms with van der Waals surface area (Å²) in [4.78, 5) is 12.2. The van der Waals surface area contributed by atoms with Crippen LogP contribution in [-0.4, -0.2) is 28.7 Å². The number of β-amino-alcohol motifs (C(OH)–C–C–N with tert-alkyl or cyclic N) is 1. The van der Waals surface area contributed by atoms with E-state index in [-0.39, 0.29) is 5.69 Å². The number of nitrogens with two attached hydrogens (primary N) is 1. The molecule has 1 aliphatic rings. The summed E-state index contributed by atoms with van der Waals surface area (Å²) in [5, 5.41) is 20.6. The number of rotatable bonds is 2. The molecule has 6 nitrogen and oxygen atoms in total. The predicted octanol–water partition coefficient (Wildman–Crippen LogP) is 1.14. The first-order chi connectivity index (χ1) is 7.87. The molecule has 1 atom stereocenters. The van der Waals surface area contributed by atoms with Crippen molar-refractivity contribution in [2.75, 3.05) is 23.7 Å². The van der Waals surface area contributed by atoms with Gasteiger partial charge in [-0.25, -0.2) is 0 Å². The third-order valence-corrected chi connectivity index (χ3v) is 2.95. The van der Waals surface area contributed by atoms with Gasteiger partial charge in [0.15, 0.2) is 0 Å². The van der Waals surface area contributed by atoms with Crippen molar-refractivity contribution >= 4 is 17.1 Å². The molecule has 0 amide bonds. The molecule has 1 heterocycles. The highest BCUT2D eigenvalue weighted by Crippen LogP contribution is 2.30. The summed E-state index contributed by atoms with van der Waals surface area (Å²) in [6.07, 6.45) is 0.648.